The Morgan fingerprint density at radius 3 is 1.63 bits per heavy atom. The first-order valence-electron chi connectivity index (χ1n) is 15.3. The second-order valence-corrected chi connectivity index (χ2v) is 11.6. The molecule has 2 heterocycles. The van der Waals surface area contributed by atoms with Crippen LogP contribution in [0.5, 0.6) is 0 Å². The van der Waals surface area contributed by atoms with Crippen molar-refractivity contribution in [2.75, 3.05) is 0 Å². The molecule has 0 saturated carbocycles. The summed E-state index contributed by atoms with van der Waals surface area (Å²) < 4.78 is 12.4. The minimum atomic E-state index is 0.652. The SMILES string of the molecule is N#Cc1ccccc1-c1ccccc1-c1cc(-c2ccc3c(c2)oc2ccccc23)cc(-c2ccc3oc4ccccc4c3c2)c1. The van der Waals surface area contributed by atoms with Crippen LogP contribution in [0.1, 0.15) is 5.56 Å². The van der Waals surface area contributed by atoms with E-state index in [1.165, 1.54) is 0 Å². The Morgan fingerprint density at radius 1 is 0.348 bits per heavy atom. The first kappa shape index (κ1) is 26.1. The Bertz CT molecular complexity index is 2670. The van der Waals surface area contributed by atoms with Crippen molar-refractivity contribution in [1.82, 2.24) is 0 Å². The molecule has 9 aromatic rings. The monoisotopic (exact) mass is 587 g/mol. The first-order chi connectivity index (χ1) is 22.7. The van der Waals surface area contributed by atoms with Gasteiger partial charge in [0.15, 0.2) is 0 Å². The number of nitriles is 1. The molecule has 0 aliphatic heterocycles. The van der Waals surface area contributed by atoms with E-state index in [9.17, 15) is 5.26 Å². The van der Waals surface area contributed by atoms with Crippen LogP contribution in [0.2, 0.25) is 0 Å². The van der Waals surface area contributed by atoms with Crippen molar-refractivity contribution in [2.45, 2.75) is 0 Å². The summed E-state index contributed by atoms with van der Waals surface area (Å²) in [6.07, 6.45) is 0. The van der Waals surface area contributed by atoms with E-state index in [1.54, 1.807) is 0 Å². The van der Waals surface area contributed by atoms with Crippen LogP contribution in [0.25, 0.3) is 88.4 Å². The number of furan rings is 2. The maximum atomic E-state index is 9.94. The average molecular weight is 588 g/mol. The number of hydrogen-bond acceptors (Lipinski definition) is 3. The van der Waals surface area contributed by atoms with Crippen molar-refractivity contribution < 1.29 is 8.83 Å². The molecular formula is C43H25NO2. The zero-order chi connectivity index (χ0) is 30.6. The van der Waals surface area contributed by atoms with Gasteiger partial charge in [0.2, 0.25) is 0 Å². The largest absolute Gasteiger partial charge is 0.456 e. The molecule has 0 aliphatic carbocycles. The smallest absolute Gasteiger partial charge is 0.136 e. The van der Waals surface area contributed by atoms with Gasteiger partial charge in [-0.2, -0.15) is 5.26 Å². The van der Waals surface area contributed by atoms with Gasteiger partial charge < -0.3 is 8.83 Å². The second kappa shape index (κ2) is 10.4. The summed E-state index contributed by atoms with van der Waals surface area (Å²) >= 11 is 0. The molecule has 3 nitrogen and oxygen atoms in total. The third kappa shape index (κ3) is 4.20. The summed E-state index contributed by atoms with van der Waals surface area (Å²) in [6, 6.07) is 54.5. The van der Waals surface area contributed by atoms with Gasteiger partial charge in [0.05, 0.1) is 11.6 Å². The van der Waals surface area contributed by atoms with E-state index in [4.69, 9.17) is 8.83 Å². The zero-order valence-electron chi connectivity index (χ0n) is 24.7. The van der Waals surface area contributed by atoms with Gasteiger partial charge in [0.1, 0.15) is 22.3 Å². The number of benzene rings is 7. The minimum Gasteiger partial charge on any atom is -0.456 e. The normalized spacial score (nSPS) is 11.5. The summed E-state index contributed by atoms with van der Waals surface area (Å²) in [4.78, 5) is 0. The van der Waals surface area contributed by atoms with Crippen molar-refractivity contribution in [3.8, 4) is 50.6 Å². The maximum Gasteiger partial charge on any atom is 0.136 e. The van der Waals surface area contributed by atoms with Gasteiger partial charge in [-0.1, -0.05) is 91.0 Å². The molecule has 2 aromatic heterocycles. The Hall–Kier alpha value is -6.37. The number of para-hydroxylation sites is 2. The third-order valence-electron chi connectivity index (χ3n) is 8.93. The Labute approximate surface area is 265 Å². The molecule has 0 saturated heterocycles. The number of rotatable bonds is 4. The Balaban J connectivity index is 1.28. The minimum absolute atomic E-state index is 0.652. The molecular weight excluding hydrogens is 562 g/mol. The first-order valence-corrected chi connectivity index (χ1v) is 15.3. The molecule has 0 radical (unpaired) electrons. The summed E-state index contributed by atoms with van der Waals surface area (Å²) in [5, 5.41) is 14.4. The highest BCUT2D eigenvalue weighted by Crippen LogP contribution is 2.41. The summed E-state index contributed by atoms with van der Waals surface area (Å²) in [5.41, 5.74) is 12.6. The van der Waals surface area contributed by atoms with Crippen LogP contribution >= 0.6 is 0 Å². The van der Waals surface area contributed by atoms with E-state index in [1.807, 2.05) is 66.7 Å². The molecule has 7 aromatic carbocycles. The molecule has 46 heavy (non-hydrogen) atoms. The third-order valence-corrected chi connectivity index (χ3v) is 8.93. The molecule has 0 spiro atoms. The van der Waals surface area contributed by atoms with Gasteiger partial charge in [-0.3, -0.25) is 0 Å². The average Bonchev–Trinajstić information content (AvgIpc) is 3.69. The molecule has 0 aliphatic rings. The van der Waals surface area contributed by atoms with E-state index in [0.29, 0.717) is 5.56 Å². The number of hydrogen-bond donors (Lipinski definition) is 0. The Kier molecular flexibility index (Phi) is 5.88. The molecule has 0 atom stereocenters. The van der Waals surface area contributed by atoms with Crippen molar-refractivity contribution in [3.63, 3.8) is 0 Å². The molecule has 214 valence electrons. The quantitative estimate of drug-likeness (QED) is 0.206. The van der Waals surface area contributed by atoms with Crippen molar-refractivity contribution in [1.29, 1.82) is 5.26 Å². The highest BCUT2D eigenvalue weighted by Gasteiger charge is 2.16. The molecule has 3 heteroatoms. The van der Waals surface area contributed by atoms with Crippen molar-refractivity contribution >= 4 is 43.9 Å². The summed E-state index contributed by atoms with van der Waals surface area (Å²) in [7, 11) is 0. The standard InChI is InChI=1S/C43H25NO2/c44-26-29-9-1-2-10-33(29)35-12-4-3-11-34(35)32-22-30(27-18-20-42-39(24-27)37-14-6-8-16-41(37)45-42)21-31(23-32)28-17-19-38-36-13-5-7-15-40(36)46-43(38)25-28/h1-25H. The molecule has 0 N–H and O–H groups in total. The molecule has 0 fully saturated rings. The van der Waals surface area contributed by atoms with Gasteiger partial charge >= 0.3 is 0 Å². The second-order valence-electron chi connectivity index (χ2n) is 11.6. The highest BCUT2D eigenvalue weighted by atomic mass is 16.3. The lowest BCUT2D eigenvalue weighted by atomic mass is 9.88. The van der Waals surface area contributed by atoms with Gasteiger partial charge in [0.25, 0.3) is 0 Å². The van der Waals surface area contributed by atoms with Crippen molar-refractivity contribution in [2.24, 2.45) is 0 Å². The lowest BCUT2D eigenvalue weighted by Gasteiger charge is -2.15. The van der Waals surface area contributed by atoms with Crippen LogP contribution in [0, 0.1) is 11.3 Å². The highest BCUT2D eigenvalue weighted by molar-refractivity contribution is 6.07. The van der Waals surface area contributed by atoms with Gasteiger partial charge in [-0.25, -0.2) is 0 Å². The van der Waals surface area contributed by atoms with Crippen LogP contribution < -0.4 is 0 Å². The van der Waals surface area contributed by atoms with E-state index >= 15 is 0 Å². The van der Waals surface area contributed by atoms with E-state index < -0.39 is 0 Å². The van der Waals surface area contributed by atoms with Gasteiger partial charge in [-0.15, -0.1) is 0 Å². The fourth-order valence-corrected chi connectivity index (χ4v) is 6.71. The van der Waals surface area contributed by atoms with Crippen molar-refractivity contribution in [3.05, 3.63) is 157 Å². The van der Waals surface area contributed by atoms with E-state index in [2.05, 4.69) is 91.0 Å². The molecule has 0 amide bonds. The number of fused-ring (bicyclic) bond motifs is 6. The zero-order valence-corrected chi connectivity index (χ0v) is 24.7. The van der Waals surface area contributed by atoms with Gasteiger partial charge in [0, 0.05) is 27.1 Å². The summed E-state index contributed by atoms with van der Waals surface area (Å²) in [6.45, 7) is 0. The fourth-order valence-electron chi connectivity index (χ4n) is 6.71. The van der Waals surface area contributed by atoms with Crippen LogP contribution in [-0.4, -0.2) is 0 Å². The topological polar surface area (TPSA) is 50.1 Å². The van der Waals surface area contributed by atoms with E-state index in [-0.39, 0.29) is 0 Å². The van der Waals surface area contributed by atoms with E-state index in [0.717, 1.165) is 88.4 Å². The fraction of sp³-hybridized carbons (Fsp3) is 0. The van der Waals surface area contributed by atoms with Crippen LogP contribution in [0.4, 0.5) is 0 Å². The molecule has 0 unspecified atom stereocenters. The van der Waals surface area contributed by atoms with Gasteiger partial charge in [-0.05, 0) is 99.6 Å². The molecule has 0 bridgehead atoms. The molecule has 9 rings (SSSR count). The van der Waals surface area contributed by atoms with Crippen LogP contribution in [-0.2, 0) is 0 Å². The number of nitrogens with zero attached hydrogens (tertiary/aromatic N) is 1. The van der Waals surface area contributed by atoms with Crippen LogP contribution in [0.15, 0.2) is 160 Å². The maximum absolute atomic E-state index is 9.94. The van der Waals surface area contributed by atoms with Crippen LogP contribution in [0.3, 0.4) is 0 Å². The lowest BCUT2D eigenvalue weighted by Crippen LogP contribution is -1.91. The summed E-state index contributed by atoms with van der Waals surface area (Å²) in [5.74, 6) is 0. The Morgan fingerprint density at radius 2 is 0.870 bits per heavy atom. The lowest BCUT2D eigenvalue weighted by molar-refractivity contribution is 0.668. The predicted octanol–water partition coefficient (Wildman–Crippen LogP) is 12.0. The predicted molar refractivity (Wildman–Crippen MR) is 187 cm³/mol.